The van der Waals surface area contributed by atoms with Gasteiger partial charge < -0.3 is 4.57 Å². The van der Waals surface area contributed by atoms with E-state index in [2.05, 4.69) is 51.8 Å². The third-order valence-corrected chi connectivity index (χ3v) is 4.18. The fraction of sp³-hybridized carbons (Fsp3) is 0.800. The van der Waals surface area contributed by atoms with Crippen LogP contribution in [-0.2, 0) is 13.1 Å². The van der Waals surface area contributed by atoms with E-state index in [0.29, 0.717) is 6.04 Å². The van der Waals surface area contributed by atoms with Crippen LogP contribution >= 0.6 is 0 Å². The molecule has 21 heavy (non-hydrogen) atoms. The van der Waals surface area contributed by atoms with Crippen molar-refractivity contribution in [2.24, 2.45) is 0 Å². The third-order valence-electron chi connectivity index (χ3n) is 4.18. The molecule has 0 aliphatic carbocycles. The van der Waals surface area contributed by atoms with Crippen molar-refractivity contribution in [3.05, 3.63) is 12.2 Å². The summed E-state index contributed by atoms with van der Waals surface area (Å²) in [6.45, 7) is 10.2. The summed E-state index contributed by atoms with van der Waals surface area (Å²) in [6.07, 6.45) is 4.56. The number of aromatic nitrogens is 3. The van der Waals surface area contributed by atoms with Gasteiger partial charge in [0.25, 0.3) is 0 Å². The van der Waals surface area contributed by atoms with Gasteiger partial charge in [0, 0.05) is 19.1 Å². The van der Waals surface area contributed by atoms with Gasteiger partial charge in [-0.1, -0.05) is 6.92 Å². The van der Waals surface area contributed by atoms with Gasteiger partial charge in [0.05, 0.1) is 12.6 Å². The lowest BCUT2D eigenvalue weighted by molar-refractivity contribution is 0.203. The van der Waals surface area contributed by atoms with Crippen LogP contribution < -0.4 is 5.32 Å². The van der Waals surface area contributed by atoms with E-state index >= 15 is 0 Å². The van der Waals surface area contributed by atoms with Crippen molar-refractivity contribution in [3.8, 4) is 6.07 Å². The third kappa shape index (κ3) is 4.02. The van der Waals surface area contributed by atoms with Gasteiger partial charge in [-0.15, -0.1) is 10.2 Å². The summed E-state index contributed by atoms with van der Waals surface area (Å²) in [5, 5.41) is 21.0. The first-order chi connectivity index (χ1) is 10.1. The topological polar surface area (TPSA) is 69.8 Å². The van der Waals surface area contributed by atoms with Gasteiger partial charge in [0.1, 0.15) is 17.7 Å². The summed E-state index contributed by atoms with van der Waals surface area (Å²) in [6, 6.07) is 2.82. The number of nitrogens with zero attached hydrogens (tertiary/aromatic N) is 5. The maximum absolute atomic E-state index is 9.52. The van der Waals surface area contributed by atoms with E-state index in [1.54, 1.807) is 6.33 Å². The Bertz CT molecular complexity index is 489. The number of hydrogen-bond acceptors (Lipinski definition) is 5. The summed E-state index contributed by atoms with van der Waals surface area (Å²) in [5.41, 5.74) is -0.385. The van der Waals surface area contributed by atoms with Crippen molar-refractivity contribution in [2.45, 2.75) is 64.7 Å². The molecule has 0 fully saturated rings. The Morgan fingerprint density at radius 2 is 2.29 bits per heavy atom. The molecule has 116 valence electrons. The molecule has 2 rings (SSSR count). The van der Waals surface area contributed by atoms with Crippen LogP contribution in [0, 0.1) is 11.3 Å². The average Bonchev–Trinajstić information content (AvgIpc) is 2.93. The first-order valence-corrected chi connectivity index (χ1v) is 7.86. The second-order valence-electron chi connectivity index (χ2n) is 6.17. The molecule has 1 aromatic heterocycles. The summed E-state index contributed by atoms with van der Waals surface area (Å²) < 4.78 is 2.11. The second-order valence-corrected chi connectivity index (χ2v) is 6.17. The Labute approximate surface area is 127 Å². The van der Waals surface area contributed by atoms with Crippen molar-refractivity contribution in [3.63, 3.8) is 0 Å². The highest BCUT2D eigenvalue weighted by atomic mass is 15.3. The predicted molar refractivity (Wildman–Crippen MR) is 81.4 cm³/mol. The van der Waals surface area contributed by atoms with Crippen LogP contribution in [0.4, 0.5) is 0 Å². The van der Waals surface area contributed by atoms with E-state index < -0.39 is 0 Å². The molecule has 1 unspecified atom stereocenters. The minimum Gasteiger partial charge on any atom is -0.315 e. The van der Waals surface area contributed by atoms with E-state index in [1.807, 2.05) is 0 Å². The lowest BCUT2D eigenvalue weighted by atomic mass is 9.91. The van der Waals surface area contributed by atoms with E-state index in [0.717, 1.165) is 51.3 Å². The van der Waals surface area contributed by atoms with Gasteiger partial charge in [0.15, 0.2) is 0 Å². The highest BCUT2D eigenvalue weighted by molar-refractivity contribution is 5.07. The molecule has 0 bridgehead atoms. The number of rotatable bonds is 7. The molecule has 0 radical (unpaired) electrons. The molecule has 6 heteroatoms. The highest BCUT2D eigenvalue weighted by Gasteiger charge is 2.28. The zero-order valence-corrected chi connectivity index (χ0v) is 13.3. The summed E-state index contributed by atoms with van der Waals surface area (Å²) in [4.78, 5) is 2.40. The Balaban J connectivity index is 1.82. The van der Waals surface area contributed by atoms with Crippen LogP contribution in [0.1, 0.15) is 45.9 Å². The first kappa shape index (κ1) is 15.9. The Morgan fingerprint density at radius 1 is 1.48 bits per heavy atom. The van der Waals surface area contributed by atoms with Crippen molar-refractivity contribution in [1.29, 1.82) is 5.26 Å². The Hall–Kier alpha value is -1.45. The maximum atomic E-state index is 9.52. The fourth-order valence-corrected chi connectivity index (χ4v) is 2.98. The summed E-state index contributed by atoms with van der Waals surface area (Å²) in [7, 11) is 0. The zero-order chi connectivity index (χ0) is 15.3. The number of nitrogens with one attached hydrogen (secondary N) is 1. The Kier molecular flexibility index (Phi) is 5.32. The average molecular weight is 290 g/mol. The van der Waals surface area contributed by atoms with Crippen LogP contribution in [0.2, 0.25) is 0 Å². The molecule has 0 amide bonds. The van der Waals surface area contributed by atoms with E-state index in [4.69, 9.17) is 0 Å². The van der Waals surface area contributed by atoms with Crippen molar-refractivity contribution < 1.29 is 0 Å². The van der Waals surface area contributed by atoms with Gasteiger partial charge in [-0.05, 0) is 39.7 Å². The molecule has 1 aliphatic heterocycles. The minimum absolute atomic E-state index is 0.332. The van der Waals surface area contributed by atoms with Gasteiger partial charge in [-0.2, -0.15) is 5.26 Å². The van der Waals surface area contributed by atoms with Gasteiger partial charge in [-0.3, -0.25) is 10.2 Å². The Morgan fingerprint density at radius 3 is 2.95 bits per heavy atom. The smallest absolute Gasteiger partial charge is 0.147 e. The first-order valence-electron chi connectivity index (χ1n) is 7.86. The monoisotopic (exact) mass is 290 g/mol. The second kappa shape index (κ2) is 7.01. The molecule has 1 atom stereocenters. The van der Waals surface area contributed by atoms with Gasteiger partial charge in [0.2, 0.25) is 0 Å². The van der Waals surface area contributed by atoms with E-state index in [9.17, 15) is 5.26 Å². The normalized spacial score (nSPS) is 18.2. The molecule has 6 nitrogen and oxygen atoms in total. The van der Waals surface area contributed by atoms with Gasteiger partial charge in [-0.25, -0.2) is 0 Å². The molecule has 0 saturated carbocycles. The van der Waals surface area contributed by atoms with Crippen molar-refractivity contribution in [2.75, 3.05) is 13.1 Å². The van der Waals surface area contributed by atoms with Crippen LogP contribution in [0.25, 0.3) is 0 Å². The molecular weight excluding hydrogens is 264 g/mol. The molecule has 0 saturated heterocycles. The molecule has 1 aromatic rings. The van der Waals surface area contributed by atoms with E-state index in [1.165, 1.54) is 0 Å². The minimum atomic E-state index is -0.385. The van der Waals surface area contributed by atoms with Crippen LogP contribution in [-0.4, -0.2) is 44.3 Å². The largest absolute Gasteiger partial charge is 0.315 e. The molecule has 0 aromatic carbocycles. The number of nitriles is 1. The van der Waals surface area contributed by atoms with Crippen LogP contribution in [0.3, 0.4) is 0 Å². The number of fused-ring (bicyclic) bond motifs is 1. The lowest BCUT2D eigenvalue weighted by Gasteiger charge is -2.31. The maximum Gasteiger partial charge on any atom is 0.147 e. The SMILES string of the molecule is CCC(C#N)(CCCN1CCn2cnnc2C1)NC(C)C. The zero-order valence-electron chi connectivity index (χ0n) is 13.3. The summed E-state index contributed by atoms with van der Waals surface area (Å²) >= 11 is 0. The highest BCUT2D eigenvalue weighted by Crippen LogP contribution is 2.19. The number of hydrogen-bond donors (Lipinski definition) is 1. The quantitative estimate of drug-likeness (QED) is 0.825. The molecule has 1 aliphatic rings. The molecule has 2 heterocycles. The van der Waals surface area contributed by atoms with Crippen molar-refractivity contribution in [1.82, 2.24) is 25.0 Å². The standard InChI is InChI=1S/C15H26N6/c1-4-15(11-16,18-13(2)3)6-5-7-20-8-9-21-12-17-19-14(21)10-20/h12-13,18H,4-10H2,1-3H3. The van der Waals surface area contributed by atoms with Gasteiger partial charge >= 0.3 is 0 Å². The van der Waals surface area contributed by atoms with Crippen molar-refractivity contribution >= 4 is 0 Å². The van der Waals surface area contributed by atoms with Crippen LogP contribution in [0.5, 0.6) is 0 Å². The fourth-order valence-electron chi connectivity index (χ4n) is 2.98. The molecule has 0 spiro atoms. The van der Waals surface area contributed by atoms with E-state index in [-0.39, 0.29) is 5.54 Å². The molecular formula is C15H26N6. The van der Waals surface area contributed by atoms with Crippen LogP contribution in [0.15, 0.2) is 6.33 Å². The predicted octanol–water partition coefficient (Wildman–Crippen LogP) is 1.54. The summed E-state index contributed by atoms with van der Waals surface area (Å²) in [5.74, 6) is 1.04. The lowest BCUT2D eigenvalue weighted by Crippen LogP contribution is -2.47. The molecule has 1 N–H and O–H groups in total.